The van der Waals surface area contributed by atoms with Crippen molar-refractivity contribution < 1.29 is 5.11 Å². The number of nitrogens with one attached hydrogen (secondary N) is 1. The van der Waals surface area contributed by atoms with Gasteiger partial charge in [-0.15, -0.1) is 0 Å². The van der Waals surface area contributed by atoms with E-state index in [1.165, 1.54) is 12.8 Å². The second-order valence-corrected chi connectivity index (χ2v) is 5.06. The Morgan fingerprint density at radius 3 is 2.88 bits per heavy atom. The van der Waals surface area contributed by atoms with Gasteiger partial charge in [-0.3, -0.25) is 0 Å². The molecule has 1 fully saturated rings. The summed E-state index contributed by atoms with van der Waals surface area (Å²) in [5.41, 5.74) is 0.985. The zero-order valence-electron chi connectivity index (χ0n) is 10.7. The van der Waals surface area contributed by atoms with E-state index in [-0.39, 0.29) is 0 Å². The number of hydrogen-bond donors (Lipinski definition) is 2. The van der Waals surface area contributed by atoms with Crippen molar-refractivity contribution in [2.45, 2.75) is 38.4 Å². The molecule has 3 nitrogen and oxygen atoms in total. The Morgan fingerprint density at radius 2 is 2.18 bits per heavy atom. The van der Waals surface area contributed by atoms with Gasteiger partial charge in [-0.25, -0.2) is 0 Å². The van der Waals surface area contributed by atoms with Crippen LogP contribution < -0.4 is 5.32 Å². The average molecular weight is 234 g/mol. The lowest BCUT2D eigenvalue weighted by Crippen LogP contribution is -2.45. The first kappa shape index (κ1) is 12.4. The number of benzene rings is 1. The molecular weight excluding hydrogens is 212 g/mol. The Morgan fingerprint density at radius 1 is 1.41 bits per heavy atom. The van der Waals surface area contributed by atoms with Crippen LogP contribution in [0, 0.1) is 0 Å². The number of piperidine rings is 1. The van der Waals surface area contributed by atoms with Crippen LogP contribution in [0.4, 0.5) is 0 Å². The van der Waals surface area contributed by atoms with E-state index in [0.29, 0.717) is 17.8 Å². The van der Waals surface area contributed by atoms with Gasteiger partial charge >= 0.3 is 0 Å². The lowest BCUT2D eigenvalue weighted by Gasteiger charge is -2.35. The molecule has 2 rings (SSSR count). The van der Waals surface area contributed by atoms with E-state index in [1.54, 1.807) is 6.07 Å². The fourth-order valence-corrected chi connectivity index (χ4v) is 2.39. The van der Waals surface area contributed by atoms with Gasteiger partial charge in [0.15, 0.2) is 0 Å². The van der Waals surface area contributed by atoms with Gasteiger partial charge in [0.25, 0.3) is 0 Å². The first-order valence-corrected chi connectivity index (χ1v) is 6.37. The lowest BCUT2D eigenvalue weighted by molar-refractivity contribution is 0.168. The maximum atomic E-state index is 9.69. The highest BCUT2D eigenvalue weighted by Crippen LogP contribution is 2.18. The van der Waals surface area contributed by atoms with Crippen LogP contribution in [0.1, 0.15) is 25.3 Å². The molecule has 0 amide bonds. The van der Waals surface area contributed by atoms with E-state index < -0.39 is 0 Å². The predicted molar refractivity (Wildman–Crippen MR) is 70.1 cm³/mol. The minimum Gasteiger partial charge on any atom is -0.508 e. The molecular formula is C14H22N2O. The van der Waals surface area contributed by atoms with E-state index in [1.807, 2.05) is 18.2 Å². The first-order valence-electron chi connectivity index (χ1n) is 6.37. The molecule has 0 radical (unpaired) electrons. The molecule has 1 aromatic rings. The highest BCUT2D eigenvalue weighted by atomic mass is 16.3. The molecule has 1 saturated heterocycles. The quantitative estimate of drug-likeness (QED) is 0.839. The Balaban J connectivity index is 1.85. The highest BCUT2D eigenvalue weighted by molar-refractivity contribution is 5.31. The lowest BCUT2D eigenvalue weighted by atomic mass is 9.98. The molecule has 0 spiro atoms. The molecule has 1 aliphatic heterocycles. The number of likely N-dealkylation sites (tertiary alicyclic amines) is 1. The first-order chi connectivity index (χ1) is 8.16. The molecule has 2 unspecified atom stereocenters. The van der Waals surface area contributed by atoms with Crippen LogP contribution >= 0.6 is 0 Å². The maximum Gasteiger partial charge on any atom is 0.120 e. The van der Waals surface area contributed by atoms with E-state index in [4.69, 9.17) is 0 Å². The van der Waals surface area contributed by atoms with Crippen LogP contribution in [-0.2, 0) is 6.54 Å². The minimum atomic E-state index is 0.390. The van der Waals surface area contributed by atoms with Gasteiger partial charge in [-0.1, -0.05) is 18.2 Å². The minimum absolute atomic E-state index is 0.390. The van der Waals surface area contributed by atoms with Gasteiger partial charge in [0, 0.05) is 24.2 Å². The van der Waals surface area contributed by atoms with Crippen LogP contribution in [0.25, 0.3) is 0 Å². The number of phenolic OH excluding ortho intramolecular Hbond substituents is 1. The number of phenols is 1. The second-order valence-electron chi connectivity index (χ2n) is 5.06. The summed E-state index contributed by atoms with van der Waals surface area (Å²) in [4.78, 5) is 2.40. The van der Waals surface area contributed by atoms with Crippen molar-refractivity contribution in [2.75, 3.05) is 13.6 Å². The number of nitrogens with zero attached hydrogens (tertiary/aromatic N) is 1. The molecule has 1 aromatic carbocycles. The van der Waals surface area contributed by atoms with Gasteiger partial charge in [0.05, 0.1) is 0 Å². The van der Waals surface area contributed by atoms with Gasteiger partial charge in [-0.2, -0.15) is 0 Å². The van der Waals surface area contributed by atoms with Crippen molar-refractivity contribution in [1.29, 1.82) is 0 Å². The summed E-state index contributed by atoms with van der Waals surface area (Å²) in [5.74, 6) is 0.390. The van der Waals surface area contributed by atoms with Crippen LogP contribution in [0.2, 0.25) is 0 Å². The highest BCUT2D eigenvalue weighted by Gasteiger charge is 2.22. The van der Waals surface area contributed by atoms with Gasteiger partial charge in [-0.05, 0) is 39.4 Å². The summed E-state index contributed by atoms with van der Waals surface area (Å²) in [6.07, 6.45) is 2.37. The molecule has 17 heavy (non-hydrogen) atoms. The number of rotatable bonds is 3. The van der Waals surface area contributed by atoms with Crippen LogP contribution in [-0.4, -0.2) is 35.7 Å². The molecule has 0 saturated carbocycles. The summed E-state index contributed by atoms with van der Waals surface area (Å²) in [6.45, 7) is 4.18. The second kappa shape index (κ2) is 5.52. The van der Waals surface area contributed by atoms with Gasteiger partial charge in [0.2, 0.25) is 0 Å². The third-order valence-corrected chi connectivity index (χ3v) is 3.78. The molecule has 0 aromatic heterocycles. The molecule has 3 heteroatoms. The van der Waals surface area contributed by atoms with E-state index in [0.717, 1.165) is 18.7 Å². The third kappa shape index (κ3) is 3.20. The largest absolute Gasteiger partial charge is 0.508 e. The molecule has 0 aliphatic carbocycles. The Hall–Kier alpha value is -1.06. The standard InChI is InChI=1S/C14H22N2O/c1-11-9-13(7-8-16(11)2)15-10-12-5-3-4-6-14(12)17/h3-6,11,13,15,17H,7-10H2,1-2H3. The van der Waals surface area contributed by atoms with Crippen LogP contribution in [0.15, 0.2) is 24.3 Å². The molecule has 94 valence electrons. The molecule has 0 bridgehead atoms. The smallest absolute Gasteiger partial charge is 0.120 e. The monoisotopic (exact) mass is 234 g/mol. The fourth-order valence-electron chi connectivity index (χ4n) is 2.39. The van der Waals surface area contributed by atoms with E-state index >= 15 is 0 Å². The van der Waals surface area contributed by atoms with E-state index in [9.17, 15) is 5.11 Å². The van der Waals surface area contributed by atoms with Crippen molar-refractivity contribution >= 4 is 0 Å². The summed E-state index contributed by atoms with van der Waals surface area (Å²) >= 11 is 0. The van der Waals surface area contributed by atoms with Crippen molar-refractivity contribution in [3.63, 3.8) is 0 Å². The molecule has 1 aliphatic rings. The van der Waals surface area contributed by atoms with Crippen molar-refractivity contribution in [3.8, 4) is 5.75 Å². The topological polar surface area (TPSA) is 35.5 Å². The fraction of sp³-hybridized carbons (Fsp3) is 0.571. The Labute approximate surface area is 103 Å². The summed E-state index contributed by atoms with van der Waals surface area (Å²) in [5, 5.41) is 13.2. The Bertz CT molecular complexity index is 367. The summed E-state index contributed by atoms with van der Waals surface area (Å²) in [7, 11) is 2.18. The summed E-state index contributed by atoms with van der Waals surface area (Å²) in [6, 6.07) is 8.76. The Kier molecular flexibility index (Phi) is 4.02. The van der Waals surface area contributed by atoms with E-state index in [2.05, 4.69) is 24.2 Å². The van der Waals surface area contributed by atoms with Crippen molar-refractivity contribution in [2.24, 2.45) is 0 Å². The maximum absolute atomic E-state index is 9.69. The predicted octanol–water partition coefficient (Wildman–Crippen LogP) is 1.96. The summed E-state index contributed by atoms with van der Waals surface area (Å²) < 4.78 is 0. The van der Waals surface area contributed by atoms with Crippen LogP contribution in [0.5, 0.6) is 5.75 Å². The number of hydrogen-bond acceptors (Lipinski definition) is 3. The van der Waals surface area contributed by atoms with Crippen molar-refractivity contribution in [1.82, 2.24) is 10.2 Å². The molecule has 2 atom stereocenters. The molecule has 1 heterocycles. The average Bonchev–Trinajstić information content (AvgIpc) is 2.32. The van der Waals surface area contributed by atoms with Gasteiger partial charge < -0.3 is 15.3 Å². The van der Waals surface area contributed by atoms with Crippen LogP contribution in [0.3, 0.4) is 0 Å². The number of aromatic hydroxyl groups is 1. The normalized spacial score (nSPS) is 26.0. The zero-order chi connectivity index (χ0) is 12.3. The van der Waals surface area contributed by atoms with Gasteiger partial charge in [0.1, 0.15) is 5.75 Å². The molecule has 2 N–H and O–H groups in total. The SMILES string of the molecule is CC1CC(NCc2ccccc2O)CCN1C. The third-order valence-electron chi connectivity index (χ3n) is 3.78. The zero-order valence-corrected chi connectivity index (χ0v) is 10.7. The van der Waals surface area contributed by atoms with Crippen molar-refractivity contribution in [3.05, 3.63) is 29.8 Å². The number of para-hydroxylation sites is 1.